The van der Waals surface area contributed by atoms with Crippen LogP contribution in [0.15, 0.2) is 5.38 Å². The van der Waals surface area contributed by atoms with Crippen molar-refractivity contribution in [3.05, 3.63) is 16.1 Å². The molecule has 1 aromatic rings. The number of carbonyl (C=O) groups is 2. The maximum absolute atomic E-state index is 12.2. The predicted octanol–water partition coefficient (Wildman–Crippen LogP) is 1.86. The predicted molar refractivity (Wildman–Crippen MR) is 83.2 cm³/mol. The lowest BCUT2D eigenvalue weighted by Crippen LogP contribution is -2.51. The van der Waals surface area contributed by atoms with Crippen molar-refractivity contribution in [1.82, 2.24) is 14.8 Å². The normalized spacial score (nSPS) is 15.3. The number of hydrogen-bond acceptors (Lipinski definition) is 4. The summed E-state index contributed by atoms with van der Waals surface area (Å²) < 4.78 is 0. The molecule has 116 valence electrons. The molecule has 1 saturated heterocycles. The lowest BCUT2D eigenvalue weighted by molar-refractivity contribution is -0.139. The van der Waals surface area contributed by atoms with Gasteiger partial charge in [-0.2, -0.15) is 0 Å². The van der Waals surface area contributed by atoms with Gasteiger partial charge in [0.1, 0.15) is 0 Å². The third-order valence-corrected chi connectivity index (χ3v) is 4.55. The van der Waals surface area contributed by atoms with E-state index in [4.69, 9.17) is 0 Å². The Balaban J connectivity index is 1.78. The van der Waals surface area contributed by atoms with E-state index < -0.39 is 0 Å². The van der Waals surface area contributed by atoms with Crippen LogP contribution >= 0.6 is 11.3 Å². The van der Waals surface area contributed by atoms with Crippen molar-refractivity contribution in [2.24, 2.45) is 0 Å². The number of rotatable bonds is 5. The average molecular weight is 309 g/mol. The summed E-state index contributed by atoms with van der Waals surface area (Å²) in [5, 5.41) is 2.93. The van der Waals surface area contributed by atoms with Crippen molar-refractivity contribution in [2.75, 3.05) is 26.2 Å². The molecule has 2 rings (SSSR count). The number of aryl methyl sites for hydroxylation is 1. The van der Waals surface area contributed by atoms with E-state index in [1.165, 1.54) is 0 Å². The first kappa shape index (κ1) is 15.9. The van der Waals surface area contributed by atoms with Gasteiger partial charge in [-0.15, -0.1) is 11.3 Å². The van der Waals surface area contributed by atoms with Crippen molar-refractivity contribution < 1.29 is 9.59 Å². The van der Waals surface area contributed by atoms with Gasteiger partial charge in [-0.1, -0.05) is 13.3 Å². The van der Waals surface area contributed by atoms with Gasteiger partial charge in [0.05, 0.1) is 17.1 Å². The lowest BCUT2D eigenvalue weighted by Gasteiger charge is -2.34. The van der Waals surface area contributed by atoms with Crippen molar-refractivity contribution in [3.8, 4) is 0 Å². The number of amides is 2. The highest BCUT2D eigenvalue weighted by molar-refractivity contribution is 7.09. The minimum absolute atomic E-state index is 0.112. The zero-order chi connectivity index (χ0) is 15.2. The number of unbranched alkanes of at least 4 members (excludes halogenated alkanes) is 1. The Morgan fingerprint density at radius 1 is 1.19 bits per heavy atom. The molecule has 1 fully saturated rings. The third-order valence-electron chi connectivity index (χ3n) is 3.73. The number of aromatic nitrogens is 1. The van der Waals surface area contributed by atoms with E-state index >= 15 is 0 Å². The molecule has 0 atom stereocenters. The van der Waals surface area contributed by atoms with Crippen LogP contribution in [0, 0.1) is 6.92 Å². The van der Waals surface area contributed by atoms with E-state index in [1.807, 2.05) is 22.1 Å². The Kier molecular flexibility index (Phi) is 5.73. The van der Waals surface area contributed by atoms with Crippen LogP contribution < -0.4 is 0 Å². The number of piperazine rings is 1. The molecular weight excluding hydrogens is 286 g/mol. The zero-order valence-corrected chi connectivity index (χ0v) is 13.6. The highest BCUT2D eigenvalue weighted by Gasteiger charge is 2.24. The molecule has 6 heteroatoms. The summed E-state index contributed by atoms with van der Waals surface area (Å²) in [7, 11) is 0. The Labute approximate surface area is 130 Å². The number of nitrogens with zero attached hydrogens (tertiary/aromatic N) is 3. The summed E-state index contributed by atoms with van der Waals surface area (Å²) >= 11 is 1.57. The fourth-order valence-electron chi connectivity index (χ4n) is 2.45. The molecule has 5 nitrogen and oxygen atoms in total. The van der Waals surface area contributed by atoms with Crippen LogP contribution in [0.4, 0.5) is 0 Å². The first-order valence-corrected chi connectivity index (χ1v) is 8.44. The average Bonchev–Trinajstić information content (AvgIpc) is 2.90. The molecule has 2 heterocycles. The van der Waals surface area contributed by atoms with Crippen LogP contribution in [0.2, 0.25) is 0 Å². The molecule has 0 radical (unpaired) electrons. The van der Waals surface area contributed by atoms with Crippen LogP contribution in [0.25, 0.3) is 0 Å². The largest absolute Gasteiger partial charge is 0.339 e. The van der Waals surface area contributed by atoms with Crippen LogP contribution in [0.3, 0.4) is 0 Å². The van der Waals surface area contributed by atoms with Gasteiger partial charge in [-0.05, 0) is 13.3 Å². The number of carbonyl (C=O) groups excluding carboxylic acids is 2. The van der Waals surface area contributed by atoms with Crippen LogP contribution in [0.5, 0.6) is 0 Å². The highest BCUT2D eigenvalue weighted by atomic mass is 32.1. The molecular formula is C15H23N3O2S. The van der Waals surface area contributed by atoms with Gasteiger partial charge in [0.25, 0.3) is 0 Å². The van der Waals surface area contributed by atoms with Gasteiger partial charge in [-0.25, -0.2) is 4.98 Å². The summed E-state index contributed by atoms with van der Waals surface area (Å²) in [6, 6.07) is 0. The van der Waals surface area contributed by atoms with Crippen molar-refractivity contribution in [2.45, 2.75) is 39.5 Å². The zero-order valence-electron chi connectivity index (χ0n) is 12.8. The van der Waals surface area contributed by atoms with Gasteiger partial charge < -0.3 is 9.80 Å². The molecule has 0 saturated carbocycles. The van der Waals surface area contributed by atoms with E-state index in [9.17, 15) is 9.59 Å². The van der Waals surface area contributed by atoms with Crippen molar-refractivity contribution >= 4 is 23.2 Å². The Bertz CT molecular complexity index is 493. The number of thiazole rings is 1. The summed E-state index contributed by atoms with van der Waals surface area (Å²) in [6.45, 7) is 6.62. The monoisotopic (exact) mass is 309 g/mol. The van der Waals surface area contributed by atoms with E-state index in [-0.39, 0.29) is 11.8 Å². The van der Waals surface area contributed by atoms with Crippen LogP contribution in [0.1, 0.15) is 36.9 Å². The first-order valence-electron chi connectivity index (χ1n) is 7.56. The summed E-state index contributed by atoms with van der Waals surface area (Å²) in [5.41, 5.74) is 0.851. The third kappa shape index (κ3) is 4.52. The minimum Gasteiger partial charge on any atom is -0.339 e. The first-order chi connectivity index (χ1) is 10.1. The Hall–Kier alpha value is -1.43. The SMILES string of the molecule is CCCCC(=O)N1CCN(C(=O)Cc2csc(C)n2)CC1. The van der Waals surface area contributed by atoms with Crippen LogP contribution in [-0.2, 0) is 16.0 Å². The summed E-state index contributed by atoms with van der Waals surface area (Å²) in [4.78, 5) is 32.2. The molecule has 1 aliphatic heterocycles. The van der Waals surface area contributed by atoms with Crippen molar-refractivity contribution in [1.29, 1.82) is 0 Å². The van der Waals surface area contributed by atoms with E-state index in [1.54, 1.807) is 11.3 Å². The van der Waals surface area contributed by atoms with Gasteiger partial charge >= 0.3 is 0 Å². The molecule has 0 aromatic carbocycles. The lowest BCUT2D eigenvalue weighted by atomic mass is 10.2. The van der Waals surface area contributed by atoms with Crippen LogP contribution in [-0.4, -0.2) is 52.8 Å². The van der Waals surface area contributed by atoms with Gasteiger partial charge in [0.15, 0.2) is 0 Å². The molecule has 21 heavy (non-hydrogen) atoms. The molecule has 2 amide bonds. The topological polar surface area (TPSA) is 53.5 Å². The van der Waals surface area contributed by atoms with E-state index in [0.717, 1.165) is 23.5 Å². The molecule has 0 N–H and O–H groups in total. The molecule has 1 aliphatic rings. The van der Waals surface area contributed by atoms with E-state index in [2.05, 4.69) is 11.9 Å². The van der Waals surface area contributed by atoms with Gasteiger partial charge in [0.2, 0.25) is 11.8 Å². The molecule has 1 aromatic heterocycles. The van der Waals surface area contributed by atoms with Gasteiger partial charge in [-0.3, -0.25) is 9.59 Å². The number of hydrogen-bond donors (Lipinski definition) is 0. The fourth-order valence-corrected chi connectivity index (χ4v) is 3.06. The summed E-state index contributed by atoms with van der Waals surface area (Å²) in [5.74, 6) is 0.333. The minimum atomic E-state index is 0.112. The van der Waals surface area contributed by atoms with Crippen molar-refractivity contribution in [3.63, 3.8) is 0 Å². The smallest absolute Gasteiger partial charge is 0.228 e. The molecule has 0 spiro atoms. The maximum atomic E-state index is 12.2. The second-order valence-corrected chi connectivity index (χ2v) is 6.46. The second kappa shape index (κ2) is 7.54. The molecule has 0 aliphatic carbocycles. The second-order valence-electron chi connectivity index (χ2n) is 5.40. The molecule has 0 unspecified atom stereocenters. The Morgan fingerprint density at radius 2 is 1.81 bits per heavy atom. The standard InChI is InChI=1S/C15H23N3O2S/c1-3-4-5-14(19)17-6-8-18(9-7-17)15(20)10-13-11-21-12(2)16-13/h11H,3-10H2,1-2H3. The maximum Gasteiger partial charge on any atom is 0.228 e. The Morgan fingerprint density at radius 3 is 2.33 bits per heavy atom. The fraction of sp³-hybridized carbons (Fsp3) is 0.667. The van der Waals surface area contributed by atoms with Gasteiger partial charge in [0, 0.05) is 38.0 Å². The highest BCUT2D eigenvalue weighted by Crippen LogP contribution is 2.11. The molecule has 0 bridgehead atoms. The summed E-state index contributed by atoms with van der Waals surface area (Å²) in [6.07, 6.45) is 2.98. The van der Waals surface area contributed by atoms with E-state index in [0.29, 0.717) is 39.0 Å². The quantitative estimate of drug-likeness (QED) is 0.834.